The molecule has 4 aliphatic rings. The second-order valence-electron chi connectivity index (χ2n) is 13.9. The van der Waals surface area contributed by atoms with E-state index in [1.165, 1.54) is 13.3 Å². The molecule has 2 aromatic carbocycles. The summed E-state index contributed by atoms with van der Waals surface area (Å²) in [6.07, 6.45) is 5.80. The maximum atomic E-state index is 16.4. The summed E-state index contributed by atoms with van der Waals surface area (Å²) in [6.45, 7) is 2.57. The van der Waals surface area contributed by atoms with Gasteiger partial charge in [0.1, 0.15) is 17.3 Å². The number of aromatic nitrogens is 3. The molecule has 0 radical (unpaired) electrons. The molecule has 3 saturated heterocycles. The highest BCUT2D eigenvalue weighted by Gasteiger charge is 2.47. The monoisotopic (exact) mass is 695 g/mol. The van der Waals surface area contributed by atoms with E-state index in [1.807, 2.05) is 6.07 Å². The van der Waals surface area contributed by atoms with Gasteiger partial charge < -0.3 is 25.4 Å². The Morgan fingerprint density at radius 3 is 2.22 bits per heavy atom. The van der Waals surface area contributed by atoms with Crippen molar-refractivity contribution in [1.82, 2.24) is 35.8 Å². The van der Waals surface area contributed by atoms with Crippen molar-refractivity contribution in [2.45, 2.75) is 62.7 Å². The van der Waals surface area contributed by atoms with Crippen molar-refractivity contribution in [3.63, 3.8) is 0 Å². The molecular weight excluding hydrogens is 656 g/mol. The summed E-state index contributed by atoms with van der Waals surface area (Å²) < 4.78 is 44.0. The number of nitrogens with one attached hydrogen (secondary N) is 3. The van der Waals surface area contributed by atoms with E-state index in [9.17, 15) is 9.59 Å². The number of aryl methyl sites for hydroxylation is 1. The fourth-order valence-corrected chi connectivity index (χ4v) is 8.04. The minimum absolute atomic E-state index is 0.00167. The number of ether oxygens (including phenoxy) is 2. The average molecular weight is 696 g/mol. The van der Waals surface area contributed by atoms with Gasteiger partial charge in [0.25, 0.3) is 0 Å². The summed E-state index contributed by atoms with van der Waals surface area (Å²) in [5.41, 5.74) is 3.64. The molecule has 2 atom stereocenters. The Kier molecular flexibility index (Phi) is 8.63. The summed E-state index contributed by atoms with van der Waals surface area (Å²) in [6, 6.07) is 11.7. The molecule has 3 fully saturated rings. The highest BCUT2D eigenvalue weighted by molar-refractivity contribution is 5.80. The second kappa shape index (κ2) is 13.3. The molecule has 5 heterocycles. The van der Waals surface area contributed by atoms with Crippen LogP contribution in [0.2, 0.25) is 0 Å². The predicted octanol–water partition coefficient (Wildman–Crippen LogP) is 4.49. The first-order chi connectivity index (χ1) is 24.7. The van der Waals surface area contributed by atoms with Crippen molar-refractivity contribution in [3.8, 4) is 45.4 Å². The molecule has 3 aliphatic heterocycles. The van der Waals surface area contributed by atoms with Crippen LogP contribution < -0.4 is 25.4 Å². The Hall–Kier alpha value is -5.01. The van der Waals surface area contributed by atoms with Crippen LogP contribution >= 0.6 is 0 Å². The van der Waals surface area contributed by atoms with E-state index in [2.05, 4.69) is 30.8 Å². The normalized spacial score (nSPS) is 20.6. The van der Waals surface area contributed by atoms with Gasteiger partial charge in [-0.2, -0.15) is 0 Å². The Balaban J connectivity index is 1.04. The summed E-state index contributed by atoms with van der Waals surface area (Å²) in [7, 11) is 3.05. The molecule has 2 unspecified atom stereocenters. The largest absolute Gasteiger partial charge is 0.481 e. The number of rotatable bonds is 10. The summed E-state index contributed by atoms with van der Waals surface area (Å²) in [5, 5.41) is 9.62. The van der Waals surface area contributed by atoms with Crippen LogP contribution in [0.4, 0.5) is 8.78 Å². The van der Waals surface area contributed by atoms with Crippen LogP contribution in [0.15, 0.2) is 48.7 Å². The van der Waals surface area contributed by atoms with Gasteiger partial charge in [0.05, 0.1) is 37.3 Å². The first kappa shape index (κ1) is 33.2. The molecule has 4 aromatic rings. The van der Waals surface area contributed by atoms with Gasteiger partial charge in [-0.15, -0.1) is 0 Å². The number of benzene rings is 2. The zero-order chi connectivity index (χ0) is 35.3. The van der Waals surface area contributed by atoms with Crippen molar-refractivity contribution < 1.29 is 27.8 Å². The standard InChI is InChI=1S/C38H39F2N7O4/c1-50-36-30(18-47-19-38(20-47)14-13-32(49)46-38)42-17-29(45-36)26-8-4-6-24(35(26)40)23-5-3-7-25(34(23)39)28-15-21-9-11-27(33(21)37(44-28)51-2)41-16-22-10-12-31(48)43-22/h3-8,15,17,22,27,41H,9-14,16,18-20H2,1-2H3,(H,43,48)(H,46,49). The number of carbonyl (C=O) groups is 2. The van der Waals surface area contributed by atoms with Gasteiger partial charge in [-0.3, -0.25) is 19.5 Å². The molecule has 3 N–H and O–H groups in total. The molecule has 11 nitrogen and oxygen atoms in total. The lowest BCUT2D eigenvalue weighted by molar-refractivity contribution is -0.121. The topological polar surface area (TPSA) is 131 Å². The highest BCUT2D eigenvalue weighted by atomic mass is 19.1. The van der Waals surface area contributed by atoms with Gasteiger partial charge in [0, 0.05) is 78.9 Å². The van der Waals surface area contributed by atoms with E-state index in [-0.39, 0.29) is 63.3 Å². The van der Waals surface area contributed by atoms with Crippen LogP contribution in [0.25, 0.3) is 33.6 Å². The molecule has 0 bridgehead atoms. The summed E-state index contributed by atoms with van der Waals surface area (Å²) >= 11 is 0. The summed E-state index contributed by atoms with van der Waals surface area (Å²) in [5.74, 6) is -0.376. The number of pyridine rings is 1. The van der Waals surface area contributed by atoms with Crippen LogP contribution in [0.1, 0.15) is 55.0 Å². The van der Waals surface area contributed by atoms with E-state index >= 15 is 8.78 Å². The van der Waals surface area contributed by atoms with E-state index < -0.39 is 11.6 Å². The maximum absolute atomic E-state index is 16.4. The predicted molar refractivity (Wildman–Crippen MR) is 185 cm³/mol. The Labute approximate surface area is 294 Å². The number of fused-ring (bicyclic) bond motifs is 1. The van der Waals surface area contributed by atoms with Gasteiger partial charge >= 0.3 is 0 Å². The maximum Gasteiger partial charge on any atom is 0.237 e. The van der Waals surface area contributed by atoms with Gasteiger partial charge in [0.15, 0.2) is 0 Å². The van der Waals surface area contributed by atoms with Crippen molar-refractivity contribution in [1.29, 1.82) is 0 Å². The van der Waals surface area contributed by atoms with Crippen molar-refractivity contribution >= 4 is 11.8 Å². The zero-order valence-corrected chi connectivity index (χ0v) is 28.5. The molecule has 2 aromatic heterocycles. The fraction of sp³-hybridized carbons (Fsp3) is 0.395. The third kappa shape index (κ3) is 6.18. The highest BCUT2D eigenvalue weighted by Crippen LogP contribution is 2.41. The fourth-order valence-electron chi connectivity index (χ4n) is 8.04. The quantitative estimate of drug-likeness (QED) is 0.220. The van der Waals surface area contributed by atoms with Crippen LogP contribution in [-0.4, -0.2) is 77.1 Å². The minimum atomic E-state index is -0.633. The number of nitrogens with zero attached hydrogens (tertiary/aromatic N) is 4. The molecule has 264 valence electrons. The first-order valence-electron chi connectivity index (χ1n) is 17.4. The van der Waals surface area contributed by atoms with Crippen LogP contribution in [0.5, 0.6) is 11.8 Å². The van der Waals surface area contributed by atoms with Crippen LogP contribution in [0, 0.1) is 11.6 Å². The van der Waals surface area contributed by atoms with Gasteiger partial charge in [-0.25, -0.2) is 18.7 Å². The molecular formula is C38H39F2N7O4. The summed E-state index contributed by atoms with van der Waals surface area (Å²) in [4.78, 5) is 39.4. The van der Waals surface area contributed by atoms with Crippen molar-refractivity contribution in [3.05, 3.63) is 77.1 Å². The lowest BCUT2D eigenvalue weighted by Crippen LogP contribution is -2.66. The molecule has 1 spiro atoms. The van der Waals surface area contributed by atoms with Crippen LogP contribution in [-0.2, 0) is 22.6 Å². The Morgan fingerprint density at radius 1 is 0.882 bits per heavy atom. The SMILES string of the molecule is COc1nc(-c2cccc(-c3cccc(-c4cc5c(c(OC)n4)C(NCC4CCC(=O)N4)CC5)c3F)c2F)cnc1CN1CC2(CCC(=O)N2)C1. The van der Waals surface area contributed by atoms with Gasteiger partial charge in [0.2, 0.25) is 23.6 Å². The number of amides is 2. The molecule has 2 amide bonds. The zero-order valence-electron chi connectivity index (χ0n) is 28.5. The molecule has 0 saturated carbocycles. The number of methoxy groups -OCH3 is 2. The minimum Gasteiger partial charge on any atom is -0.481 e. The molecule has 51 heavy (non-hydrogen) atoms. The molecule has 8 rings (SSSR count). The van der Waals surface area contributed by atoms with Gasteiger partial charge in [-0.1, -0.05) is 24.3 Å². The van der Waals surface area contributed by atoms with Crippen molar-refractivity contribution in [2.24, 2.45) is 0 Å². The Morgan fingerprint density at radius 2 is 1.57 bits per heavy atom. The Bertz CT molecular complexity index is 2040. The van der Waals surface area contributed by atoms with E-state index in [1.54, 1.807) is 43.5 Å². The smallest absolute Gasteiger partial charge is 0.237 e. The van der Waals surface area contributed by atoms with E-state index in [4.69, 9.17) is 14.5 Å². The average Bonchev–Trinajstić information content (AvgIpc) is 3.85. The third-order valence-electron chi connectivity index (χ3n) is 10.6. The number of carbonyl (C=O) groups excluding carboxylic acids is 2. The van der Waals surface area contributed by atoms with Gasteiger partial charge in [-0.05, 0) is 49.4 Å². The molecule has 1 aliphatic carbocycles. The lowest BCUT2D eigenvalue weighted by Gasteiger charge is -2.47. The third-order valence-corrected chi connectivity index (χ3v) is 10.6. The first-order valence-corrected chi connectivity index (χ1v) is 17.4. The van der Waals surface area contributed by atoms with E-state index in [0.717, 1.165) is 49.9 Å². The molecule has 13 heteroatoms. The number of hydrogen-bond donors (Lipinski definition) is 3. The lowest BCUT2D eigenvalue weighted by atomic mass is 9.88. The number of hydrogen-bond acceptors (Lipinski definition) is 9. The van der Waals surface area contributed by atoms with Crippen LogP contribution in [0.3, 0.4) is 0 Å². The second-order valence-corrected chi connectivity index (χ2v) is 13.9. The van der Waals surface area contributed by atoms with Crippen molar-refractivity contribution in [2.75, 3.05) is 33.9 Å². The number of likely N-dealkylation sites (tertiary alicyclic amines) is 1. The van der Waals surface area contributed by atoms with E-state index in [0.29, 0.717) is 43.2 Å². The number of halogens is 2.